The predicted octanol–water partition coefficient (Wildman–Crippen LogP) is 0.390. The van der Waals surface area contributed by atoms with E-state index in [1.165, 1.54) is 12.8 Å². The second-order valence-electron chi connectivity index (χ2n) is 4.47. The van der Waals surface area contributed by atoms with Crippen LogP contribution < -0.4 is 9.46 Å². The van der Waals surface area contributed by atoms with Gasteiger partial charge in [-0.05, 0) is 13.3 Å². The van der Waals surface area contributed by atoms with Gasteiger partial charge in [-0.25, -0.2) is 9.13 Å². The van der Waals surface area contributed by atoms with Crippen molar-refractivity contribution < 1.29 is 23.7 Å². The predicted molar refractivity (Wildman–Crippen MR) is 64.7 cm³/mol. The van der Waals surface area contributed by atoms with Crippen LogP contribution in [0.4, 0.5) is 0 Å². The Morgan fingerprint density at radius 2 is 2.22 bits per heavy atom. The van der Waals surface area contributed by atoms with E-state index >= 15 is 0 Å². The Balaban J connectivity index is 0.000000184. The Hall–Kier alpha value is -0.680. The third-order valence-electron chi connectivity index (χ3n) is 2.59. The summed E-state index contributed by atoms with van der Waals surface area (Å²) in [4.78, 5) is 18.3. The summed E-state index contributed by atoms with van der Waals surface area (Å²) in [5.41, 5.74) is 0. The van der Waals surface area contributed by atoms with Gasteiger partial charge in [-0.1, -0.05) is 13.3 Å². The first-order valence-electron chi connectivity index (χ1n) is 6.04. The van der Waals surface area contributed by atoms with Crippen molar-refractivity contribution in [2.45, 2.75) is 45.2 Å². The number of ether oxygens (including phenoxy) is 1. The lowest BCUT2D eigenvalue weighted by Gasteiger charge is -2.10. The molecule has 0 amide bonds. The molecule has 1 saturated heterocycles. The molecule has 0 aliphatic carbocycles. The van der Waals surface area contributed by atoms with Crippen LogP contribution in [0.3, 0.4) is 0 Å². The van der Waals surface area contributed by atoms with Gasteiger partial charge in [-0.15, -0.1) is 0 Å². The minimum Gasteiger partial charge on any atom is -0.777 e. The molecule has 0 spiro atoms. The molecular weight excluding hydrogens is 255 g/mol. The van der Waals surface area contributed by atoms with Crippen LogP contribution in [0.25, 0.3) is 0 Å². The summed E-state index contributed by atoms with van der Waals surface area (Å²) >= 11 is 0. The summed E-state index contributed by atoms with van der Waals surface area (Å²) in [5, 5.41) is 0. The van der Waals surface area contributed by atoms with Gasteiger partial charge in [0.15, 0.2) is 7.60 Å². The molecule has 7 heteroatoms. The zero-order chi connectivity index (χ0) is 13.8. The molecule has 6 nitrogen and oxygen atoms in total. The van der Waals surface area contributed by atoms with Crippen molar-refractivity contribution in [1.82, 2.24) is 4.57 Å². The molecule has 0 aromatic carbocycles. The highest BCUT2D eigenvalue weighted by atomic mass is 31.2. The van der Waals surface area contributed by atoms with Gasteiger partial charge in [0.1, 0.15) is 18.2 Å². The zero-order valence-corrected chi connectivity index (χ0v) is 11.9. The molecule has 0 saturated carbocycles. The van der Waals surface area contributed by atoms with E-state index in [1.54, 1.807) is 6.92 Å². The lowest BCUT2D eigenvalue weighted by molar-refractivity contribution is -0.671. The smallest absolute Gasteiger partial charge is 0.243 e. The third-order valence-corrected chi connectivity index (χ3v) is 3.78. The van der Waals surface area contributed by atoms with Crippen LogP contribution >= 0.6 is 7.60 Å². The van der Waals surface area contributed by atoms with E-state index in [2.05, 4.69) is 39.5 Å². The molecule has 1 aliphatic rings. The molecule has 1 N–H and O–H groups in total. The fourth-order valence-corrected chi connectivity index (χ4v) is 2.37. The Morgan fingerprint density at radius 3 is 2.50 bits per heavy atom. The highest BCUT2D eigenvalue weighted by molar-refractivity contribution is 7.51. The van der Waals surface area contributed by atoms with E-state index in [0.717, 1.165) is 6.54 Å². The average molecular weight is 276 g/mol. The summed E-state index contributed by atoms with van der Waals surface area (Å²) in [5.74, 6) is -0.928. The Morgan fingerprint density at radius 1 is 1.61 bits per heavy atom. The molecule has 18 heavy (non-hydrogen) atoms. The van der Waals surface area contributed by atoms with Crippen molar-refractivity contribution in [3.63, 3.8) is 0 Å². The van der Waals surface area contributed by atoms with E-state index in [9.17, 15) is 9.46 Å². The van der Waals surface area contributed by atoms with E-state index < -0.39 is 13.4 Å². The van der Waals surface area contributed by atoms with Crippen LogP contribution in [0.2, 0.25) is 0 Å². The maximum atomic E-state index is 10.1. The van der Waals surface area contributed by atoms with E-state index in [1.807, 2.05) is 7.05 Å². The van der Waals surface area contributed by atoms with Crippen molar-refractivity contribution in [2.24, 2.45) is 7.05 Å². The number of nitrogens with zero attached hydrogens (tertiary/aromatic N) is 2. The maximum absolute atomic E-state index is 10.1. The third kappa shape index (κ3) is 5.31. The van der Waals surface area contributed by atoms with Gasteiger partial charge in [-0.3, -0.25) is 0 Å². The van der Waals surface area contributed by atoms with Crippen LogP contribution in [0.1, 0.15) is 26.7 Å². The second-order valence-corrected chi connectivity index (χ2v) is 6.10. The summed E-state index contributed by atoms with van der Waals surface area (Å²) in [7, 11) is -2.11. The number of epoxide rings is 1. The summed E-state index contributed by atoms with van der Waals surface area (Å²) in [6.07, 6.45) is 8.50. The Kier molecular flexibility index (Phi) is 5.53. The molecule has 0 radical (unpaired) electrons. The molecule has 104 valence electrons. The minimum atomic E-state index is -4.15. The number of aromatic nitrogens is 2. The Labute approximate surface area is 107 Å². The Bertz CT molecular complexity index is 415. The molecule has 2 heterocycles. The van der Waals surface area contributed by atoms with Gasteiger partial charge in [-0.2, -0.15) is 0 Å². The van der Waals surface area contributed by atoms with Crippen molar-refractivity contribution in [3.8, 4) is 0 Å². The zero-order valence-electron chi connectivity index (χ0n) is 11.0. The van der Waals surface area contributed by atoms with E-state index in [-0.39, 0.29) is 6.10 Å². The number of hydrogen-bond donors (Lipinski definition) is 1. The highest BCUT2D eigenvalue weighted by Crippen LogP contribution is 2.49. The van der Waals surface area contributed by atoms with Crippen molar-refractivity contribution in [3.05, 3.63) is 18.7 Å². The molecule has 1 aliphatic heterocycles. The summed E-state index contributed by atoms with van der Waals surface area (Å²) < 4.78 is 18.8. The molecular formula is C11H21N2O4P. The summed E-state index contributed by atoms with van der Waals surface area (Å²) in [6.45, 7) is 4.95. The van der Waals surface area contributed by atoms with Gasteiger partial charge in [0.25, 0.3) is 0 Å². The standard InChI is InChI=1S/C8H15N2.C3H7O4P/c1-3-4-5-10-7-6-9(2)8-10;1-2-3(7-2)8(4,5)6/h6-8H,3-5H2,1-2H3;2-3H,1H3,(H2,4,5,6)/q+1;/p-1/t;2-,3+/m.1/s1. The van der Waals surface area contributed by atoms with Gasteiger partial charge < -0.3 is 19.1 Å². The highest BCUT2D eigenvalue weighted by Gasteiger charge is 2.42. The molecule has 0 bridgehead atoms. The van der Waals surface area contributed by atoms with Crippen LogP contribution in [-0.2, 0) is 22.9 Å². The van der Waals surface area contributed by atoms with Gasteiger partial charge in [0.2, 0.25) is 6.33 Å². The molecule has 3 atom stereocenters. The SMILES string of the molecule is CCCCn1cc[n+](C)c1.C[C@H]1O[C@H]1P(=O)([O-])O. The van der Waals surface area contributed by atoms with Gasteiger partial charge in [0.05, 0.1) is 19.7 Å². The van der Waals surface area contributed by atoms with Crippen LogP contribution in [0, 0.1) is 0 Å². The second kappa shape index (κ2) is 6.48. The first kappa shape index (κ1) is 15.4. The number of imidazole rings is 1. The van der Waals surface area contributed by atoms with Crippen molar-refractivity contribution >= 4 is 7.60 Å². The van der Waals surface area contributed by atoms with Gasteiger partial charge >= 0.3 is 0 Å². The molecule has 1 aromatic rings. The first-order valence-corrected chi connectivity index (χ1v) is 7.69. The largest absolute Gasteiger partial charge is 0.777 e. The maximum Gasteiger partial charge on any atom is 0.243 e. The monoisotopic (exact) mass is 276 g/mol. The van der Waals surface area contributed by atoms with Gasteiger partial charge in [0, 0.05) is 0 Å². The number of unbranched alkanes of at least 4 members (excludes halogenated alkanes) is 1. The van der Waals surface area contributed by atoms with Crippen molar-refractivity contribution in [1.29, 1.82) is 0 Å². The first-order chi connectivity index (χ1) is 8.34. The lowest BCUT2D eigenvalue weighted by atomic mass is 10.3. The van der Waals surface area contributed by atoms with E-state index in [4.69, 9.17) is 4.89 Å². The van der Waals surface area contributed by atoms with Crippen LogP contribution in [0.5, 0.6) is 0 Å². The number of rotatable bonds is 4. The number of hydrogen-bond acceptors (Lipinski definition) is 3. The molecule has 1 unspecified atom stereocenters. The van der Waals surface area contributed by atoms with Crippen LogP contribution in [0.15, 0.2) is 18.7 Å². The molecule has 1 aromatic heterocycles. The average Bonchev–Trinajstić information content (AvgIpc) is 2.87. The minimum absolute atomic E-state index is 0.316. The molecule has 1 fully saturated rings. The normalized spacial score (nSPS) is 24.9. The van der Waals surface area contributed by atoms with Crippen molar-refractivity contribution in [2.75, 3.05) is 0 Å². The topological polar surface area (TPSA) is 81.7 Å². The fraction of sp³-hybridized carbons (Fsp3) is 0.727. The number of aryl methyl sites for hydroxylation is 2. The lowest BCUT2D eigenvalue weighted by Crippen LogP contribution is -2.23. The van der Waals surface area contributed by atoms with Crippen LogP contribution in [-0.4, -0.2) is 21.4 Å². The molecule has 2 rings (SSSR count). The quantitative estimate of drug-likeness (QED) is 0.490. The fourth-order valence-electron chi connectivity index (χ4n) is 1.49. The van der Waals surface area contributed by atoms with E-state index in [0.29, 0.717) is 0 Å². The summed E-state index contributed by atoms with van der Waals surface area (Å²) in [6, 6.07) is 0.